The molecule has 110 valence electrons. The molecule has 19 heavy (non-hydrogen) atoms. The molecule has 0 spiro atoms. The Balaban J connectivity index is 2.26. The van der Waals surface area contributed by atoms with Crippen LogP contribution < -0.4 is 0 Å². The first-order valence-electron chi connectivity index (χ1n) is 6.82. The van der Waals surface area contributed by atoms with Gasteiger partial charge in [-0.05, 0) is 13.8 Å². The minimum atomic E-state index is -0.754. The Morgan fingerprint density at radius 1 is 1.16 bits per heavy atom. The number of carboxylic acids is 1. The van der Waals surface area contributed by atoms with Crippen molar-refractivity contribution in [3.63, 3.8) is 0 Å². The van der Waals surface area contributed by atoms with E-state index in [0.717, 1.165) is 26.2 Å². The average molecular weight is 271 g/mol. The molecule has 1 heterocycles. The minimum absolute atomic E-state index is 0.147. The van der Waals surface area contributed by atoms with Gasteiger partial charge in [-0.2, -0.15) is 0 Å². The molecule has 0 saturated carbocycles. The number of aliphatic carboxylic acids is 1. The second-order valence-corrected chi connectivity index (χ2v) is 5.36. The molecule has 0 aromatic rings. The molecule has 0 aromatic carbocycles. The van der Waals surface area contributed by atoms with E-state index < -0.39 is 5.97 Å². The highest BCUT2D eigenvalue weighted by Crippen LogP contribution is 2.04. The number of carbonyl (C=O) groups is 2. The minimum Gasteiger partial charge on any atom is -0.481 e. The smallest absolute Gasteiger partial charge is 0.304 e. The lowest BCUT2D eigenvalue weighted by Crippen LogP contribution is -2.50. The fourth-order valence-corrected chi connectivity index (χ4v) is 2.02. The summed E-state index contributed by atoms with van der Waals surface area (Å²) < 4.78 is 0. The molecule has 1 fully saturated rings. The SMILES string of the molecule is CC(C)N(C)C(=O)CN1CCN(CCC(=O)O)CC1. The normalized spacial score (nSPS) is 17.7. The lowest BCUT2D eigenvalue weighted by molar-refractivity contribution is -0.137. The fourth-order valence-electron chi connectivity index (χ4n) is 2.02. The van der Waals surface area contributed by atoms with Crippen LogP contribution in [0, 0.1) is 0 Å². The van der Waals surface area contributed by atoms with Crippen molar-refractivity contribution in [3.05, 3.63) is 0 Å². The summed E-state index contributed by atoms with van der Waals surface area (Å²) in [7, 11) is 1.83. The van der Waals surface area contributed by atoms with E-state index in [4.69, 9.17) is 5.11 Å². The van der Waals surface area contributed by atoms with E-state index in [1.807, 2.05) is 20.9 Å². The van der Waals surface area contributed by atoms with E-state index in [-0.39, 0.29) is 18.4 Å². The van der Waals surface area contributed by atoms with Gasteiger partial charge in [0.05, 0.1) is 13.0 Å². The predicted octanol–water partition coefficient (Wildman–Crippen LogP) is -0.0545. The summed E-state index contributed by atoms with van der Waals surface area (Å²) in [6, 6.07) is 0.226. The summed E-state index contributed by atoms with van der Waals surface area (Å²) in [6.45, 7) is 8.40. The summed E-state index contributed by atoms with van der Waals surface area (Å²) in [5.74, 6) is -0.606. The van der Waals surface area contributed by atoms with Crippen molar-refractivity contribution in [1.82, 2.24) is 14.7 Å². The Morgan fingerprint density at radius 3 is 2.16 bits per heavy atom. The third kappa shape index (κ3) is 5.57. The van der Waals surface area contributed by atoms with Crippen molar-refractivity contribution >= 4 is 11.9 Å². The predicted molar refractivity (Wildman–Crippen MR) is 73.0 cm³/mol. The third-order valence-corrected chi connectivity index (χ3v) is 3.63. The van der Waals surface area contributed by atoms with Gasteiger partial charge >= 0.3 is 5.97 Å². The van der Waals surface area contributed by atoms with Crippen LogP contribution in [-0.4, -0.2) is 84.0 Å². The quantitative estimate of drug-likeness (QED) is 0.733. The second kappa shape index (κ2) is 7.45. The molecule has 1 aliphatic heterocycles. The number of nitrogens with zero attached hydrogens (tertiary/aromatic N) is 3. The Morgan fingerprint density at radius 2 is 1.68 bits per heavy atom. The van der Waals surface area contributed by atoms with Gasteiger partial charge in [0, 0.05) is 45.8 Å². The van der Waals surface area contributed by atoms with Crippen molar-refractivity contribution in [3.8, 4) is 0 Å². The van der Waals surface area contributed by atoms with Crippen LogP contribution in [0.15, 0.2) is 0 Å². The first-order valence-corrected chi connectivity index (χ1v) is 6.82. The van der Waals surface area contributed by atoms with Crippen molar-refractivity contribution in [1.29, 1.82) is 0 Å². The van der Waals surface area contributed by atoms with Crippen molar-refractivity contribution in [2.75, 3.05) is 46.3 Å². The Bertz CT molecular complexity index is 312. The van der Waals surface area contributed by atoms with Gasteiger partial charge in [-0.3, -0.25) is 14.5 Å². The van der Waals surface area contributed by atoms with Crippen LogP contribution in [0.1, 0.15) is 20.3 Å². The molecule has 1 amide bonds. The topological polar surface area (TPSA) is 64.1 Å². The van der Waals surface area contributed by atoms with Crippen molar-refractivity contribution < 1.29 is 14.7 Å². The molecule has 1 rings (SSSR count). The highest BCUT2D eigenvalue weighted by atomic mass is 16.4. The number of carboxylic acid groups (broad SMARTS) is 1. The van der Waals surface area contributed by atoms with Crippen molar-refractivity contribution in [2.24, 2.45) is 0 Å². The van der Waals surface area contributed by atoms with Crippen molar-refractivity contribution in [2.45, 2.75) is 26.3 Å². The molecule has 0 aromatic heterocycles. The molecule has 0 radical (unpaired) electrons. The van der Waals surface area contributed by atoms with Gasteiger partial charge in [-0.25, -0.2) is 0 Å². The molecule has 6 nitrogen and oxygen atoms in total. The van der Waals surface area contributed by atoms with Gasteiger partial charge < -0.3 is 14.9 Å². The van der Waals surface area contributed by atoms with Gasteiger partial charge in [-0.15, -0.1) is 0 Å². The summed E-state index contributed by atoms with van der Waals surface area (Å²) >= 11 is 0. The van der Waals surface area contributed by atoms with E-state index in [2.05, 4.69) is 9.80 Å². The Kier molecular flexibility index (Phi) is 6.24. The van der Waals surface area contributed by atoms with E-state index in [9.17, 15) is 9.59 Å². The van der Waals surface area contributed by atoms with Crippen LogP contribution >= 0.6 is 0 Å². The van der Waals surface area contributed by atoms with E-state index in [0.29, 0.717) is 13.1 Å². The fraction of sp³-hybridized carbons (Fsp3) is 0.846. The molecule has 0 atom stereocenters. The van der Waals surface area contributed by atoms with Crippen LogP contribution in [0.25, 0.3) is 0 Å². The van der Waals surface area contributed by atoms with E-state index >= 15 is 0 Å². The molecule has 0 bridgehead atoms. The summed E-state index contributed by atoms with van der Waals surface area (Å²) in [4.78, 5) is 28.5. The number of amides is 1. The average Bonchev–Trinajstić information content (AvgIpc) is 2.36. The zero-order chi connectivity index (χ0) is 14.4. The standard InChI is InChI=1S/C13H25N3O3/c1-11(2)14(3)12(17)10-16-8-6-15(7-9-16)5-4-13(18)19/h11H,4-10H2,1-3H3,(H,18,19). The van der Waals surface area contributed by atoms with E-state index in [1.54, 1.807) is 4.90 Å². The van der Waals surface area contributed by atoms with Gasteiger partial charge in [-0.1, -0.05) is 0 Å². The number of rotatable bonds is 6. The van der Waals surface area contributed by atoms with E-state index in [1.165, 1.54) is 0 Å². The van der Waals surface area contributed by atoms with Crippen LogP contribution in [0.2, 0.25) is 0 Å². The van der Waals surface area contributed by atoms with Gasteiger partial charge in [0.1, 0.15) is 0 Å². The number of hydrogen-bond donors (Lipinski definition) is 1. The monoisotopic (exact) mass is 271 g/mol. The lowest BCUT2D eigenvalue weighted by Gasteiger charge is -2.35. The molecular weight excluding hydrogens is 246 g/mol. The maximum Gasteiger partial charge on any atom is 0.304 e. The second-order valence-electron chi connectivity index (χ2n) is 5.36. The zero-order valence-corrected chi connectivity index (χ0v) is 12.1. The molecule has 1 N–H and O–H groups in total. The van der Waals surface area contributed by atoms with Gasteiger partial charge in [0.2, 0.25) is 5.91 Å². The summed E-state index contributed by atoms with van der Waals surface area (Å²) in [5.41, 5.74) is 0. The summed E-state index contributed by atoms with van der Waals surface area (Å²) in [6.07, 6.45) is 0.190. The molecule has 1 saturated heterocycles. The molecule has 6 heteroatoms. The van der Waals surface area contributed by atoms with Gasteiger partial charge in [0.25, 0.3) is 0 Å². The lowest BCUT2D eigenvalue weighted by atomic mass is 10.2. The molecule has 0 unspecified atom stereocenters. The number of likely N-dealkylation sites (N-methyl/N-ethyl adjacent to an activating group) is 1. The largest absolute Gasteiger partial charge is 0.481 e. The number of hydrogen-bond acceptors (Lipinski definition) is 4. The van der Waals surface area contributed by atoms with Crippen LogP contribution in [0.3, 0.4) is 0 Å². The highest BCUT2D eigenvalue weighted by Gasteiger charge is 2.21. The molecular formula is C13H25N3O3. The van der Waals surface area contributed by atoms with Gasteiger partial charge in [0.15, 0.2) is 0 Å². The number of carbonyl (C=O) groups excluding carboxylic acids is 1. The van der Waals surface area contributed by atoms with Crippen LogP contribution in [-0.2, 0) is 9.59 Å². The first kappa shape index (κ1) is 15.9. The summed E-state index contributed by atoms with van der Waals surface area (Å²) in [5, 5.41) is 8.64. The Hall–Kier alpha value is -1.14. The third-order valence-electron chi connectivity index (χ3n) is 3.63. The first-order chi connectivity index (χ1) is 8.90. The highest BCUT2D eigenvalue weighted by molar-refractivity contribution is 5.78. The van der Waals surface area contributed by atoms with Crippen LogP contribution in [0.4, 0.5) is 0 Å². The maximum absolute atomic E-state index is 11.9. The zero-order valence-electron chi connectivity index (χ0n) is 12.1. The van der Waals surface area contributed by atoms with Crippen LogP contribution in [0.5, 0.6) is 0 Å². The molecule has 0 aliphatic carbocycles. The Labute approximate surface area is 115 Å². The molecule has 1 aliphatic rings. The maximum atomic E-state index is 11.9. The number of piperazine rings is 1.